The van der Waals surface area contributed by atoms with Crippen LogP contribution in [0.15, 0.2) is 36.7 Å². The number of carbonyl (C=O) groups is 1. The summed E-state index contributed by atoms with van der Waals surface area (Å²) in [6, 6.07) is 7.31. The number of aromatic nitrogens is 3. The number of nitrogens with zero attached hydrogens (tertiary/aromatic N) is 4. The summed E-state index contributed by atoms with van der Waals surface area (Å²) in [5, 5.41) is 0.716. The Kier molecular flexibility index (Phi) is 4.28. The molecule has 1 aliphatic rings. The number of amides is 1. The third kappa shape index (κ3) is 3.12. The Morgan fingerprint density at radius 3 is 2.96 bits per heavy atom. The van der Waals surface area contributed by atoms with Crippen LogP contribution in [0.5, 0.6) is 0 Å². The zero-order valence-corrected chi connectivity index (χ0v) is 14.6. The van der Waals surface area contributed by atoms with Gasteiger partial charge in [0, 0.05) is 50.2 Å². The maximum Gasteiger partial charge on any atom is 0.219 e. The molecule has 0 unspecified atom stereocenters. The van der Waals surface area contributed by atoms with Crippen molar-refractivity contribution in [2.45, 2.75) is 13.3 Å². The Bertz CT molecular complexity index is 954. The SMILES string of the molecule is CC(=O)N1CCCN(c2cccc(-c3c[nH]c4ncc(F)cc34)n2)CC1. The molecule has 1 amide bonds. The first-order valence-electron chi connectivity index (χ1n) is 8.72. The van der Waals surface area contributed by atoms with E-state index in [9.17, 15) is 9.18 Å². The summed E-state index contributed by atoms with van der Waals surface area (Å²) < 4.78 is 13.6. The standard InChI is InChI=1S/C19H20FN5O/c1-13(26)24-6-3-7-25(9-8-24)18-5-2-4-17(23-18)16-12-22-19-15(16)10-14(20)11-21-19/h2,4-5,10-12H,3,6-9H2,1H3,(H,21,22). The van der Waals surface area contributed by atoms with Gasteiger partial charge in [-0.1, -0.05) is 6.07 Å². The van der Waals surface area contributed by atoms with Crippen molar-refractivity contribution in [2.24, 2.45) is 0 Å². The number of anilines is 1. The third-order valence-corrected chi connectivity index (χ3v) is 4.77. The van der Waals surface area contributed by atoms with Crippen LogP contribution in [0.2, 0.25) is 0 Å². The molecule has 134 valence electrons. The van der Waals surface area contributed by atoms with Crippen molar-refractivity contribution in [1.82, 2.24) is 19.9 Å². The maximum absolute atomic E-state index is 13.6. The fraction of sp³-hybridized carbons (Fsp3) is 0.316. The van der Waals surface area contributed by atoms with Crippen LogP contribution < -0.4 is 4.90 Å². The molecule has 0 saturated carbocycles. The van der Waals surface area contributed by atoms with E-state index < -0.39 is 0 Å². The van der Waals surface area contributed by atoms with Gasteiger partial charge < -0.3 is 14.8 Å². The smallest absolute Gasteiger partial charge is 0.219 e. The molecule has 0 spiro atoms. The fourth-order valence-corrected chi connectivity index (χ4v) is 3.40. The predicted octanol–water partition coefficient (Wildman–Crippen LogP) is 2.82. The van der Waals surface area contributed by atoms with Crippen molar-refractivity contribution in [3.63, 3.8) is 0 Å². The molecule has 1 fully saturated rings. The highest BCUT2D eigenvalue weighted by Gasteiger charge is 2.18. The summed E-state index contributed by atoms with van der Waals surface area (Å²) in [6.45, 7) is 4.69. The van der Waals surface area contributed by atoms with Crippen LogP contribution in [0.4, 0.5) is 10.2 Å². The van der Waals surface area contributed by atoms with E-state index in [4.69, 9.17) is 4.98 Å². The van der Waals surface area contributed by atoms with Gasteiger partial charge in [-0.25, -0.2) is 14.4 Å². The van der Waals surface area contributed by atoms with Gasteiger partial charge in [-0.2, -0.15) is 0 Å². The molecule has 1 N–H and O–H groups in total. The highest BCUT2D eigenvalue weighted by atomic mass is 19.1. The predicted molar refractivity (Wildman–Crippen MR) is 98.4 cm³/mol. The molecule has 0 aromatic carbocycles. The lowest BCUT2D eigenvalue weighted by atomic mass is 10.1. The van der Waals surface area contributed by atoms with Gasteiger partial charge in [0.25, 0.3) is 0 Å². The van der Waals surface area contributed by atoms with Crippen LogP contribution in [0.25, 0.3) is 22.3 Å². The number of nitrogens with one attached hydrogen (secondary N) is 1. The van der Waals surface area contributed by atoms with Crippen LogP contribution in [0, 0.1) is 5.82 Å². The molecule has 7 heteroatoms. The number of pyridine rings is 2. The minimum atomic E-state index is -0.369. The second kappa shape index (κ2) is 6.74. The minimum absolute atomic E-state index is 0.113. The first-order valence-corrected chi connectivity index (χ1v) is 8.72. The molecule has 0 aliphatic carbocycles. The van der Waals surface area contributed by atoms with Crippen LogP contribution >= 0.6 is 0 Å². The molecule has 6 nitrogen and oxygen atoms in total. The Morgan fingerprint density at radius 1 is 1.23 bits per heavy atom. The van der Waals surface area contributed by atoms with Crippen LogP contribution in [0.1, 0.15) is 13.3 Å². The summed E-state index contributed by atoms with van der Waals surface area (Å²) >= 11 is 0. The number of rotatable bonds is 2. The van der Waals surface area contributed by atoms with E-state index >= 15 is 0 Å². The van der Waals surface area contributed by atoms with Crippen molar-refractivity contribution in [3.05, 3.63) is 42.5 Å². The third-order valence-electron chi connectivity index (χ3n) is 4.77. The second-order valence-electron chi connectivity index (χ2n) is 6.48. The Balaban J connectivity index is 1.64. The second-order valence-corrected chi connectivity index (χ2v) is 6.48. The zero-order valence-electron chi connectivity index (χ0n) is 14.6. The largest absolute Gasteiger partial charge is 0.355 e. The molecule has 0 radical (unpaired) electrons. The molecule has 0 atom stereocenters. The van der Waals surface area contributed by atoms with Gasteiger partial charge in [0.2, 0.25) is 5.91 Å². The Morgan fingerprint density at radius 2 is 2.12 bits per heavy atom. The average molecular weight is 353 g/mol. The molecule has 1 saturated heterocycles. The van der Waals surface area contributed by atoms with Gasteiger partial charge in [-0.05, 0) is 24.6 Å². The van der Waals surface area contributed by atoms with Gasteiger partial charge in [0.1, 0.15) is 17.3 Å². The molecule has 4 heterocycles. The summed E-state index contributed by atoms with van der Waals surface area (Å²) in [7, 11) is 0. The van der Waals surface area contributed by atoms with Crippen molar-refractivity contribution in [1.29, 1.82) is 0 Å². The number of aromatic amines is 1. The van der Waals surface area contributed by atoms with E-state index in [1.807, 2.05) is 29.3 Å². The first-order chi connectivity index (χ1) is 12.6. The molecule has 1 aliphatic heterocycles. The van der Waals surface area contributed by atoms with Gasteiger partial charge in [-0.3, -0.25) is 4.79 Å². The summed E-state index contributed by atoms with van der Waals surface area (Å²) in [6.07, 6.45) is 3.92. The van der Waals surface area contributed by atoms with Gasteiger partial charge >= 0.3 is 0 Å². The molecule has 3 aromatic rings. The van der Waals surface area contributed by atoms with E-state index in [0.717, 1.165) is 43.1 Å². The monoisotopic (exact) mass is 353 g/mol. The molecule has 0 bridgehead atoms. The number of hydrogen-bond acceptors (Lipinski definition) is 4. The van der Waals surface area contributed by atoms with Crippen molar-refractivity contribution >= 4 is 22.8 Å². The molecule has 26 heavy (non-hydrogen) atoms. The summed E-state index contributed by atoms with van der Waals surface area (Å²) in [5.74, 6) is 0.611. The lowest BCUT2D eigenvalue weighted by Crippen LogP contribution is -2.33. The zero-order chi connectivity index (χ0) is 18.1. The number of fused-ring (bicyclic) bond motifs is 1. The van der Waals surface area contributed by atoms with E-state index in [1.54, 1.807) is 6.92 Å². The van der Waals surface area contributed by atoms with Crippen molar-refractivity contribution in [3.8, 4) is 11.3 Å². The summed E-state index contributed by atoms with van der Waals surface area (Å²) in [5.41, 5.74) is 2.24. The Hall–Kier alpha value is -2.96. The average Bonchev–Trinajstić information content (AvgIpc) is 2.88. The molecule has 3 aromatic heterocycles. The quantitative estimate of drug-likeness (QED) is 0.769. The lowest BCUT2D eigenvalue weighted by Gasteiger charge is -2.22. The van der Waals surface area contributed by atoms with Crippen molar-refractivity contribution in [2.75, 3.05) is 31.1 Å². The van der Waals surface area contributed by atoms with E-state index in [1.165, 1.54) is 12.3 Å². The molecular weight excluding hydrogens is 333 g/mol. The van der Waals surface area contributed by atoms with Gasteiger partial charge in [0.05, 0.1) is 11.9 Å². The highest BCUT2D eigenvalue weighted by molar-refractivity contribution is 5.92. The number of hydrogen-bond donors (Lipinski definition) is 1. The summed E-state index contributed by atoms with van der Waals surface area (Å²) in [4.78, 5) is 27.6. The van der Waals surface area contributed by atoms with Crippen LogP contribution in [-0.4, -0.2) is 51.9 Å². The fourth-order valence-electron chi connectivity index (χ4n) is 3.40. The van der Waals surface area contributed by atoms with Gasteiger partial charge in [-0.15, -0.1) is 0 Å². The van der Waals surface area contributed by atoms with E-state index in [-0.39, 0.29) is 11.7 Å². The maximum atomic E-state index is 13.6. The van der Waals surface area contributed by atoms with Crippen LogP contribution in [-0.2, 0) is 4.79 Å². The first kappa shape index (κ1) is 16.5. The topological polar surface area (TPSA) is 65.1 Å². The van der Waals surface area contributed by atoms with Crippen LogP contribution in [0.3, 0.4) is 0 Å². The number of carbonyl (C=O) groups excluding carboxylic acids is 1. The molecular formula is C19H20FN5O. The van der Waals surface area contributed by atoms with Gasteiger partial charge in [0.15, 0.2) is 0 Å². The Labute approximate surface area is 150 Å². The van der Waals surface area contributed by atoms with E-state index in [2.05, 4.69) is 14.9 Å². The normalized spacial score (nSPS) is 15.3. The molecule has 4 rings (SSSR count). The highest BCUT2D eigenvalue weighted by Crippen LogP contribution is 2.28. The van der Waals surface area contributed by atoms with E-state index in [0.29, 0.717) is 17.6 Å². The number of halogens is 1. The van der Waals surface area contributed by atoms with Crippen molar-refractivity contribution < 1.29 is 9.18 Å². The minimum Gasteiger partial charge on any atom is -0.355 e. The lowest BCUT2D eigenvalue weighted by molar-refractivity contribution is -0.128. The number of H-pyrrole nitrogens is 1.